The molecule has 2 rings (SSSR count). The summed E-state index contributed by atoms with van der Waals surface area (Å²) < 4.78 is 4.87. The lowest BCUT2D eigenvalue weighted by Gasteiger charge is -1.84. The van der Waals surface area contributed by atoms with Crippen LogP contribution in [0.4, 0.5) is 0 Å². The van der Waals surface area contributed by atoms with Crippen molar-refractivity contribution in [3.8, 4) is 11.4 Å². The maximum atomic E-state index is 4.87. The molecule has 62 valence electrons. The Kier molecular flexibility index (Phi) is 1.91. The summed E-state index contributed by atoms with van der Waals surface area (Å²) in [5, 5.41) is 3.13. The summed E-state index contributed by atoms with van der Waals surface area (Å²) in [7, 11) is 0. The molecule has 0 atom stereocenters. The van der Waals surface area contributed by atoms with Crippen LogP contribution in [0.25, 0.3) is 11.4 Å². The van der Waals surface area contributed by atoms with Gasteiger partial charge in [0.25, 0.3) is 0 Å². The predicted molar refractivity (Wildman–Crippen MR) is 47.0 cm³/mol. The van der Waals surface area contributed by atoms with Crippen molar-refractivity contribution >= 4 is 11.3 Å². The molecule has 0 aromatic carbocycles. The van der Waals surface area contributed by atoms with Gasteiger partial charge in [-0.05, 0) is 6.42 Å². The van der Waals surface area contributed by atoms with E-state index in [1.807, 2.05) is 5.38 Å². The molecule has 0 unspecified atom stereocenters. The molecule has 0 amide bonds. The number of aryl methyl sites for hydroxylation is 1. The monoisotopic (exact) mass is 180 g/mol. The lowest BCUT2D eigenvalue weighted by atomic mass is 10.4. The van der Waals surface area contributed by atoms with E-state index in [1.54, 1.807) is 17.6 Å². The van der Waals surface area contributed by atoms with Crippen LogP contribution in [0.2, 0.25) is 0 Å². The smallest absolute Gasteiger partial charge is 0.181 e. The first-order chi connectivity index (χ1) is 5.90. The Labute approximate surface area is 74.1 Å². The zero-order chi connectivity index (χ0) is 8.39. The summed E-state index contributed by atoms with van der Waals surface area (Å²) in [5.74, 6) is 0. The van der Waals surface area contributed by atoms with Crippen LogP contribution >= 0.6 is 11.3 Å². The highest BCUT2D eigenvalue weighted by Crippen LogP contribution is 2.19. The maximum absolute atomic E-state index is 4.87. The number of hydrogen-bond donors (Lipinski definition) is 0. The number of thiazole rings is 1. The largest absolute Gasteiger partial charge is 0.451 e. The third kappa shape index (κ3) is 1.25. The highest BCUT2D eigenvalue weighted by Gasteiger charge is 2.04. The molecule has 4 heteroatoms. The molecule has 0 bridgehead atoms. The molecule has 2 aromatic rings. The molecule has 0 N–H and O–H groups in total. The van der Waals surface area contributed by atoms with Crippen LogP contribution in [0.3, 0.4) is 0 Å². The average molecular weight is 180 g/mol. The molecule has 0 saturated carbocycles. The Morgan fingerprint density at radius 1 is 1.50 bits per heavy atom. The molecule has 12 heavy (non-hydrogen) atoms. The Bertz CT molecular complexity index is 353. The van der Waals surface area contributed by atoms with Crippen molar-refractivity contribution in [1.82, 2.24) is 9.97 Å². The Morgan fingerprint density at radius 3 is 3.00 bits per heavy atom. The standard InChI is InChI=1S/C8H8N2OS/c1-2-8-10-7(4-12-8)6-3-11-5-9-6/h3-5H,2H2,1H3. The molecular weight excluding hydrogens is 172 g/mol. The fraction of sp³-hybridized carbons (Fsp3) is 0.250. The molecule has 2 aromatic heterocycles. The minimum atomic E-state index is 0.811. The Hall–Kier alpha value is -1.16. The van der Waals surface area contributed by atoms with Crippen LogP contribution in [-0.4, -0.2) is 9.97 Å². The summed E-state index contributed by atoms with van der Waals surface area (Å²) in [6, 6.07) is 0. The number of rotatable bonds is 2. The highest BCUT2D eigenvalue weighted by molar-refractivity contribution is 7.09. The van der Waals surface area contributed by atoms with E-state index in [0.29, 0.717) is 0 Å². The highest BCUT2D eigenvalue weighted by atomic mass is 32.1. The van der Waals surface area contributed by atoms with Gasteiger partial charge in [-0.15, -0.1) is 11.3 Å². The number of nitrogens with zero attached hydrogens (tertiary/aromatic N) is 2. The number of hydrogen-bond acceptors (Lipinski definition) is 4. The van der Waals surface area contributed by atoms with Gasteiger partial charge in [-0.3, -0.25) is 0 Å². The van der Waals surface area contributed by atoms with Gasteiger partial charge >= 0.3 is 0 Å². The summed E-state index contributed by atoms with van der Waals surface area (Å²) in [5.41, 5.74) is 1.72. The van der Waals surface area contributed by atoms with Crippen LogP contribution in [0.1, 0.15) is 11.9 Å². The van der Waals surface area contributed by atoms with E-state index in [2.05, 4.69) is 16.9 Å². The molecule has 0 radical (unpaired) electrons. The summed E-state index contributed by atoms with van der Waals surface area (Å²) in [6.07, 6.45) is 4.00. The second-order valence-corrected chi connectivity index (χ2v) is 3.30. The van der Waals surface area contributed by atoms with Crippen molar-refractivity contribution in [1.29, 1.82) is 0 Å². The van der Waals surface area contributed by atoms with Gasteiger partial charge in [0, 0.05) is 5.38 Å². The molecule has 0 aliphatic carbocycles. The average Bonchev–Trinajstić information content (AvgIpc) is 2.75. The van der Waals surface area contributed by atoms with Gasteiger partial charge in [-0.2, -0.15) is 0 Å². The minimum absolute atomic E-state index is 0.811. The van der Waals surface area contributed by atoms with Crippen LogP contribution in [0.15, 0.2) is 22.5 Å². The van der Waals surface area contributed by atoms with E-state index in [1.165, 1.54) is 6.39 Å². The lowest BCUT2D eigenvalue weighted by molar-refractivity contribution is 0.558. The van der Waals surface area contributed by atoms with Gasteiger partial charge < -0.3 is 4.42 Å². The minimum Gasteiger partial charge on any atom is -0.451 e. The molecule has 2 heterocycles. The zero-order valence-electron chi connectivity index (χ0n) is 6.65. The van der Waals surface area contributed by atoms with Gasteiger partial charge in [-0.25, -0.2) is 9.97 Å². The van der Waals surface area contributed by atoms with Crippen molar-refractivity contribution in [3.63, 3.8) is 0 Å². The quantitative estimate of drug-likeness (QED) is 0.712. The van der Waals surface area contributed by atoms with Crippen molar-refractivity contribution < 1.29 is 4.42 Å². The van der Waals surface area contributed by atoms with Crippen molar-refractivity contribution in [3.05, 3.63) is 23.0 Å². The van der Waals surface area contributed by atoms with E-state index in [9.17, 15) is 0 Å². The van der Waals surface area contributed by atoms with Crippen molar-refractivity contribution in [2.75, 3.05) is 0 Å². The maximum Gasteiger partial charge on any atom is 0.181 e. The third-order valence-electron chi connectivity index (χ3n) is 1.55. The fourth-order valence-corrected chi connectivity index (χ4v) is 1.67. The first-order valence-corrected chi connectivity index (χ1v) is 4.61. The van der Waals surface area contributed by atoms with Gasteiger partial charge in [0.05, 0.1) is 5.01 Å². The number of aromatic nitrogens is 2. The van der Waals surface area contributed by atoms with Gasteiger partial charge in [0.2, 0.25) is 0 Å². The zero-order valence-corrected chi connectivity index (χ0v) is 7.47. The Morgan fingerprint density at radius 2 is 2.42 bits per heavy atom. The molecule has 0 saturated heterocycles. The van der Waals surface area contributed by atoms with E-state index in [0.717, 1.165) is 22.8 Å². The summed E-state index contributed by atoms with van der Waals surface area (Å²) >= 11 is 1.65. The van der Waals surface area contributed by atoms with Gasteiger partial charge in [0.15, 0.2) is 6.39 Å². The molecule has 0 fully saturated rings. The van der Waals surface area contributed by atoms with Crippen molar-refractivity contribution in [2.45, 2.75) is 13.3 Å². The van der Waals surface area contributed by atoms with Crippen LogP contribution in [-0.2, 0) is 6.42 Å². The third-order valence-corrected chi connectivity index (χ3v) is 2.54. The second kappa shape index (κ2) is 3.06. The summed E-state index contributed by atoms with van der Waals surface area (Å²) in [4.78, 5) is 8.38. The lowest BCUT2D eigenvalue weighted by Crippen LogP contribution is -1.79. The van der Waals surface area contributed by atoms with E-state index < -0.39 is 0 Å². The normalized spacial score (nSPS) is 10.4. The topological polar surface area (TPSA) is 38.9 Å². The van der Waals surface area contributed by atoms with E-state index in [4.69, 9.17) is 4.42 Å². The molecule has 0 aliphatic heterocycles. The summed E-state index contributed by atoms with van der Waals surface area (Å²) in [6.45, 7) is 2.09. The van der Waals surface area contributed by atoms with Crippen LogP contribution < -0.4 is 0 Å². The first kappa shape index (κ1) is 7.49. The van der Waals surface area contributed by atoms with E-state index >= 15 is 0 Å². The predicted octanol–water partition coefficient (Wildman–Crippen LogP) is 2.36. The second-order valence-electron chi connectivity index (χ2n) is 2.35. The van der Waals surface area contributed by atoms with Gasteiger partial charge in [-0.1, -0.05) is 6.92 Å². The number of oxazole rings is 1. The fourth-order valence-electron chi connectivity index (χ4n) is 0.930. The Balaban J connectivity index is 2.35. The van der Waals surface area contributed by atoms with Gasteiger partial charge in [0.1, 0.15) is 17.7 Å². The molecular formula is C8H8N2OS. The van der Waals surface area contributed by atoms with Crippen molar-refractivity contribution in [2.24, 2.45) is 0 Å². The first-order valence-electron chi connectivity index (χ1n) is 3.73. The molecule has 0 spiro atoms. The molecule has 3 nitrogen and oxygen atoms in total. The SMILES string of the molecule is CCc1nc(-c2cocn2)cs1. The molecule has 0 aliphatic rings. The van der Waals surface area contributed by atoms with Crippen LogP contribution in [0.5, 0.6) is 0 Å². The van der Waals surface area contributed by atoms with Crippen LogP contribution in [0, 0.1) is 0 Å². The van der Waals surface area contributed by atoms with E-state index in [-0.39, 0.29) is 0 Å².